The van der Waals surface area contributed by atoms with Crippen molar-refractivity contribution in [3.8, 4) is 5.75 Å². The van der Waals surface area contributed by atoms with Crippen LogP contribution in [0.2, 0.25) is 0 Å². The normalized spacial score (nSPS) is 25.6. The summed E-state index contributed by atoms with van der Waals surface area (Å²) in [4.78, 5) is 0. The van der Waals surface area contributed by atoms with Crippen LogP contribution in [0.5, 0.6) is 5.75 Å². The molecule has 2 heteroatoms. The van der Waals surface area contributed by atoms with E-state index in [0.29, 0.717) is 6.04 Å². The van der Waals surface area contributed by atoms with Gasteiger partial charge in [0.05, 0.1) is 0 Å². The van der Waals surface area contributed by atoms with Gasteiger partial charge in [0.25, 0.3) is 0 Å². The Balaban J connectivity index is 1.86. The van der Waals surface area contributed by atoms with Crippen molar-refractivity contribution in [3.63, 3.8) is 0 Å². The molecule has 0 aromatic heterocycles. The summed E-state index contributed by atoms with van der Waals surface area (Å²) in [6, 6.07) is 7.28. The molecule has 1 aromatic rings. The minimum absolute atomic E-state index is 0.00773. The number of benzene rings is 1. The third-order valence-corrected chi connectivity index (χ3v) is 4.18. The van der Waals surface area contributed by atoms with Gasteiger partial charge in [-0.15, -0.1) is 0 Å². The van der Waals surface area contributed by atoms with Crippen molar-refractivity contribution in [2.24, 2.45) is 0 Å². The highest BCUT2D eigenvalue weighted by Crippen LogP contribution is 2.36. The van der Waals surface area contributed by atoms with Crippen LogP contribution in [-0.4, -0.2) is 18.2 Å². The molecule has 3 rings (SSSR count). The molecule has 1 N–H and O–H groups in total. The predicted octanol–water partition coefficient (Wildman–Crippen LogP) is 3.08. The van der Waals surface area contributed by atoms with E-state index in [-0.39, 0.29) is 5.60 Å². The lowest BCUT2D eigenvalue weighted by Crippen LogP contribution is -2.33. The first-order chi connectivity index (χ1) is 8.64. The fourth-order valence-corrected chi connectivity index (χ4v) is 3.09. The van der Waals surface area contributed by atoms with E-state index in [1.807, 2.05) is 0 Å². The summed E-state index contributed by atoms with van der Waals surface area (Å²) in [7, 11) is 0. The van der Waals surface area contributed by atoms with E-state index in [2.05, 4.69) is 37.4 Å². The zero-order chi connectivity index (χ0) is 12.6. The average molecular weight is 245 g/mol. The molecule has 0 aliphatic carbocycles. The lowest BCUT2D eigenvalue weighted by atomic mass is 9.91. The Morgan fingerprint density at radius 2 is 2.28 bits per heavy atom. The van der Waals surface area contributed by atoms with Crippen LogP contribution in [0.25, 0.3) is 0 Å². The number of nitrogens with one attached hydrogen (secondary N) is 1. The molecule has 1 saturated heterocycles. The molecule has 0 bridgehead atoms. The van der Waals surface area contributed by atoms with Crippen molar-refractivity contribution >= 4 is 0 Å². The van der Waals surface area contributed by atoms with Crippen molar-refractivity contribution < 1.29 is 4.74 Å². The zero-order valence-electron chi connectivity index (χ0n) is 11.5. The lowest BCUT2D eigenvalue weighted by Gasteiger charge is -2.34. The molecule has 98 valence electrons. The molecule has 0 radical (unpaired) electrons. The van der Waals surface area contributed by atoms with Gasteiger partial charge in [0.15, 0.2) is 0 Å². The third-order valence-electron chi connectivity index (χ3n) is 4.18. The molecule has 2 aliphatic heterocycles. The highest BCUT2D eigenvalue weighted by atomic mass is 16.5. The van der Waals surface area contributed by atoms with E-state index < -0.39 is 0 Å². The maximum atomic E-state index is 6.23. The van der Waals surface area contributed by atoms with E-state index in [1.54, 1.807) is 0 Å². The van der Waals surface area contributed by atoms with Crippen LogP contribution in [0.1, 0.15) is 44.2 Å². The summed E-state index contributed by atoms with van der Waals surface area (Å²) in [5.41, 5.74) is 2.77. The Labute approximate surface area is 110 Å². The van der Waals surface area contributed by atoms with Crippen LogP contribution in [0.3, 0.4) is 0 Å². The highest BCUT2D eigenvalue weighted by molar-refractivity contribution is 5.44. The molecule has 2 nitrogen and oxygen atoms in total. The Bertz CT molecular complexity index is 433. The van der Waals surface area contributed by atoms with Crippen LogP contribution >= 0.6 is 0 Å². The van der Waals surface area contributed by atoms with E-state index >= 15 is 0 Å². The van der Waals surface area contributed by atoms with Crippen LogP contribution < -0.4 is 10.1 Å². The summed E-state index contributed by atoms with van der Waals surface area (Å²) < 4.78 is 6.23. The lowest BCUT2D eigenvalue weighted by molar-refractivity contribution is 0.0831. The van der Waals surface area contributed by atoms with E-state index in [0.717, 1.165) is 19.3 Å². The second-order valence-electron chi connectivity index (χ2n) is 6.26. The smallest absolute Gasteiger partial charge is 0.126 e. The minimum Gasteiger partial charge on any atom is -0.487 e. The zero-order valence-corrected chi connectivity index (χ0v) is 11.5. The molecule has 2 heterocycles. The van der Waals surface area contributed by atoms with Crippen LogP contribution in [0.15, 0.2) is 18.2 Å². The standard InChI is InChI=1S/C16H23NO/c1-16(2)9-8-12-5-3-6-13(15(12)18-16)11-14-7-4-10-17-14/h3,5-6,14,17H,4,7-11H2,1-2H3. The van der Waals surface area contributed by atoms with Crippen molar-refractivity contribution in [3.05, 3.63) is 29.3 Å². The SMILES string of the molecule is CC1(C)CCc2cccc(CC3CCCN3)c2O1. The Morgan fingerprint density at radius 3 is 3.06 bits per heavy atom. The summed E-state index contributed by atoms with van der Waals surface area (Å²) in [5.74, 6) is 1.17. The number of ether oxygens (including phenoxy) is 1. The molecule has 0 saturated carbocycles. The summed E-state index contributed by atoms with van der Waals surface area (Å²) in [5, 5.41) is 3.58. The molecule has 1 aromatic carbocycles. The molecule has 1 fully saturated rings. The number of para-hydroxylation sites is 1. The van der Waals surface area contributed by atoms with Gasteiger partial charge in [0.1, 0.15) is 11.4 Å². The average Bonchev–Trinajstić information content (AvgIpc) is 2.82. The predicted molar refractivity (Wildman–Crippen MR) is 74.2 cm³/mol. The molecule has 18 heavy (non-hydrogen) atoms. The van der Waals surface area contributed by atoms with Gasteiger partial charge in [-0.2, -0.15) is 0 Å². The van der Waals surface area contributed by atoms with Gasteiger partial charge in [-0.3, -0.25) is 0 Å². The number of aryl methyl sites for hydroxylation is 1. The van der Waals surface area contributed by atoms with E-state index in [1.165, 1.54) is 36.3 Å². The van der Waals surface area contributed by atoms with Gasteiger partial charge in [-0.25, -0.2) is 0 Å². The Morgan fingerprint density at radius 1 is 1.39 bits per heavy atom. The topological polar surface area (TPSA) is 21.3 Å². The van der Waals surface area contributed by atoms with Crippen LogP contribution in [0.4, 0.5) is 0 Å². The molecular weight excluding hydrogens is 222 g/mol. The summed E-state index contributed by atoms with van der Waals surface area (Å²) >= 11 is 0. The van der Waals surface area contributed by atoms with Gasteiger partial charge >= 0.3 is 0 Å². The number of fused-ring (bicyclic) bond motifs is 1. The van der Waals surface area contributed by atoms with Gasteiger partial charge in [-0.05, 0) is 63.6 Å². The summed E-state index contributed by atoms with van der Waals surface area (Å²) in [6.45, 7) is 5.56. The van der Waals surface area contributed by atoms with Crippen molar-refractivity contribution in [2.75, 3.05) is 6.54 Å². The van der Waals surface area contributed by atoms with Gasteiger partial charge in [-0.1, -0.05) is 18.2 Å². The van der Waals surface area contributed by atoms with E-state index in [4.69, 9.17) is 4.74 Å². The fraction of sp³-hybridized carbons (Fsp3) is 0.625. The molecular formula is C16H23NO. The molecule has 2 aliphatic rings. The van der Waals surface area contributed by atoms with Crippen molar-refractivity contribution in [2.45, 2.75) is 57.6 Å². The van der Waals surface area contributed by atoms with Crippen LogP contribution in [-0.2, 0) is 12.8 Å². The number of hydrogen-bond acceptors (Lipinski definition) is 2. The Kier molecular flexibility index (Phi) is 3.06. The number of rotatable bonds is 2. The quantitative estimate of drug-likeness (QED) is 0.864. The summed E-state index contributed by atoms with van der Waals surface area (Å²) in [6.07, 6.45) is 5.98. The van der Waals surface area contributed by atoms with Crippen LogP contribution in [0, 0.1) is 0 Å². The van der Waals surface area contributed by atoms with Gasteiger partial charge in [0.2, 0.25) is 0 Å². The number of hydrogen-bond donors (Lipinski definition) is 1. The monoisotopic (exact) mass is 245 g/mol. The molecule has 1 atom stereocenters. The molecule has 0 spiro atoms. The fourth-order valence-electron chi connectivity index (χ4n) is 3.09. The van der Waals surface area contributed by atoms with Crippen molar-refractivity contribution in [1.82, 2.24) is 5.32 Å². The second kappa shape index (κ2) is 4.58. The third kappa shape index (κ3) is 2.39. The molecule has 1 unspecified atom stereocenters. The maximum Gasteiger partial charge on any atom is 0.126 e. The minimum atomic E-state index is -0.00773. The second-order valence-corrected chi connectivity index (χ2v) is 6.26. The largest absolute Gasteiger partial charge is 0.487 e. The first-order valence-electron chi connectivity index (χ1n) is 7.17. The molecule has 0 amide bonds. The first-order valence-corrected chi connectivity index (χ1v) is 7.17. The first kappa shape index (κ1) is 12.0. The van der Waals surface area contributed by atoms with Gasteiger partial charge < -0.3 is 10.1 Å². The van der Waals surface area contributed by atoms with Gasteiger partial charge in [0, 0.05) is 6.04 Å². The van der Waals surface area contributed by atoms with Crippen molar-refractivity contribution in [1.29, 1.82) is 0 Å². The highest BCUT2D eigenvalue weighted by Gasteiger charge is 2.28. The maximum absolute atomic E-state index is 6.23. The van der Waals surface area contributed by atoms with E-state index in [9.17, 15) is 0 Å². The Hall–Kier alpha value is -1.02.